The van der Waals surface area contributed by atoms with Crippen molar-refractivity contribution in [3.8, 4) is 0 Å². The zero-order chi connectivity index (χ0) is 14.5. The number of carbonyl (C=O) groups excluding carboxylic acids is 2. The number of esters is 1. The van der Waals surface area contributed by atoms with Gasteiger partial charge >= 0.3 is 5.97 Å². The van der Waals surface area contributed by atoms with E-state index in [9.17, 15) is 14.0 Å². The van der Waals surface area contributed by atoms with E-state index in [4.69, 9.17) is 4.74 Å². The molecule has 1 N–H and O–H groups in total. The topological polar surface area (TPSA) is 55.4 Å². The van der Waals surface area contributed by atoms with Crippen LogP contribution in [0.1, 0.15) is 30.1 Å². The van der Waals surface area contributed by atoms with Crippen molar-refractivity contribution in [1.29, 1.82) is 0 Å². The van der Waals surface area contributed by atoms with E-state index in [1.54, 1.807) is 13.0 Å². The molecule has 5 heteroatoms. The van der Waals surface area contributed by atoms with E-state index >= 15 is 0 Å². The maximum Gasteiger partial charge on any atom is 0.343 e. The lowest BCUT2D eigenvalue weighted by molar-refractivity contribution is -0.138. The fourth-order valence-corrected chi connectivity index (χ4v) is 1.67. The van der Waals surface area contributed by atoms with Crippen molar-refractivity contribution in [2.45, 2.75) is 25.8 Å². The maximum atomic E-state index is 13.6. The predicted molar refractivity (Wildman–Crippen MR) is 71.6 cm³/mol. The van der Waals surface area contributed by atoms with Crippen molar-refractivity contribution in [2.75, 3.05) is 6.61 Å². The molecule has 0 aromatic heterocycles. The van der Waals surface area contributed by atoms with E-state index in [1.807, 2.05) is 0 Å². The normalized spacial score (nSPS) is 14.8. The van der Waals surface area contributed by atoms with Gasteiger partial charge in [0.1, 0.15) is 11.4 Å². The molecule has 0 heterocycles. The monoisotopic (exact) mass is 277 g/mol. The third-order valence-electron chi connectivity index (χ3n) is 2.90. The quantitative estimate of drug-likeness (QED) is 0.285. The van der Waals surface area contributed by atoms with Crippen molar-refractivity contribution in [3.63, 3.8) is 0 Å². The molecule has 0 radical (unpaired) electrons. The fraction of sp³-hybridized carbons (Fsp3) is 0.333. The first-order chi connectivity index (χ1) is 9.63. The average molecular weight is 277 g/mol. The first-order valence-electron chi connectivity index (χ1n) is 6.56. The summed E-state index contributed by atoms with van der Waals surface area (Å²) in [5, 5.41) is 2.96. The summed E-state index contributed by atoms with van der Waals surface area (Å²) in [7, 11) is 0. The van der Waals surface area contributed by atoms with E-state index in [2.05, 4.69) is 5.32 Å². The van der Waals surface area contributed by atoms with Crippen molar-refractivity contribution in [3.05, 3.63) is 47.4 Å². The smallest absolute Gasteiger partial charge is 0.343 e. The standard InChI is InChI=1S/C15H16FNO3/c1-2-20-15(19)12(9-17-10-7-8-10)14(18)11-5-3-4-6-13(11)16/h3-6,9-10,17H,2,7-8H2,1H3. The Morgan fingerprint density at radius 2 is 2.10 bits per heavy atom. The Kier molecular flexibility index (Phi) is 4.50. The van der Waals surface area contributed by atoms with Gasteiger partial charge in [0.25, 0.3) is 0 Å². The Morgan fingerprint density at radius 3 is 2.70 bits per heavy atom. The van der Waals surface area contributed by atoms with Crippen LogP contribution in [0.4, 0.5) is 4.39 Å². The number of benzene rings is 1. The summed E-state index contributed by atoms with van der Waals surface area (Å²) in [5.74, 6) is -2.07. The first kappa shape index (κ1) is 14.2. The van der Waals surface area contributed by atoms with Gasteiger partial charge in [-0.1, -0.05) is 12.1 Å². The predicted octanol–water partition coefficient (Wildman–Crippen LogP) is 2.21. The average Bonchev–Trinajstić information content (AvgIpc) is 3.23. The van der Waals surface area contributed by atoms with Crippen molar-refractivity contribution in [1.82, 2.24) is 5.32 Å². The molecular formula is C15H16FNO3. The molecule has 1 aromatic rings. The zero-order valence-corrected chi connectivity index (χ0v) is 11.2. The highest BCUT2D eigenvalue weighted by Gasteiger charge is 2.25. The lowest BCUT2D eigenvalue weighted by atomic mass is 10.0. The third-order valence-corrected chi connectivity index (χ3v) is 2.90. The second kappa shape index (κ2) is 6.32. The van der Waals surface area contributed by atoms with Gasteiger partial charge in [0.15, 0.2) is 0 Å². The molecule has 0 saturated heterocycles. The molecular weight excluding hydrogens is 261 g/mol. The van der Waals surface area contributed by atoms with Crippen LogP contribution < -0.4 is 5.32 Å². The molecule has 0 bridgehead atoms. The van der Waals surface area contributed by atoms with Gasteiger partial charge in [-0.3, -0.25) is 4.79 Å². The van der Waals surface area contributed by atoms with Gasteiger partial charge in [0, 0.05) is 12.2 Å². The lowest BCUT2D eigenvalue weighted by Gasteiger charge is -2.08. The van der Waals surface area contributed by atoms with Gasteiger partial charge in [0.05, 0.1) is 12.2 Å². The van der Waals surface area contributed by atoms with Crippen LogP contribution in [0.2, 0.25) is 0 Å². The molecule has 1 saturated carbocycles. The Bertz CT molecular complexity index is 550. The highest BCUT2D eigenvalue weighted by Crippen LogP contribution is 2.20. The molecule has 1 fully saturated rings. The summed E-state index contributed by atoms with van der Waals surface area (Å²) in [5.41, 5.74) is -0.312. The van der Waals surface area contributed by atoms with Crippen LogP contribution in [0.3, 0.4) is 0 Å². The number of hydrogen-bond acceptors (Lipinski definition) is 4. The molecule has 4 nitrogen and oxygen atoms in total. The minimum absolute atomic E-state index is 0.135. The highest BCUT2D eigenvalue weighted by molar-refractivity contribution is 6.24. The molecule has 1 aliphatic carbocycles. The second-order valence-corrected chi connectivity index (χ2v) is 4.53. The number of ether oxygens (including phenoxy) is 1. The van der Waals surface area contributed by atoms with Crippen molar-refractivity contribution in [2.24, 2.45) is 0 Å². The van der Waals surface area contributed by atoms with Gasteiger partial charge in [-0.15, -0.1) is 0 Å². The van der Waals surface area contributed by atoms with Crippen LogP contribution in [0.15, 0.2) is 36.0 Å². The van der Waals surface area contributed by atoms with Gasteiger partial charge in [-0.05, 0) is 31.9 Å². The van der Waals surface area contributed by atoms with Crippen LogP contribution in [0.5, 0.6) is 0 Å². The zero-order valence-electron chi connectivity index (χ0n) is 11.2. The van der Waals surface area contributed by atoms with E-state index in [1.165, 1.54) is 24.4 Å². The van der Waals surface area contributed by atoms with E-state index in [0.29, 0.717) is 0 Å². The van der Waals surface area contributed by atoms with Crippen LogP contribution >= 0.6 is 0 Å². The Balaban J connectivity index is 2.25. The van der Waals surface area contributed by atoms with Crippen LogP contribution in [-0.2, 0) is 9.53 Å². The summed E-state index contributed by atoms with van der Waals surface area (Å²) in [6.07, 6.45) is 3.34. The van der Waals surface area contributed by atoms with Gasteiger partial charge in [-0.2, -0.15) is 0 Å². The first-order valence-corrected chi connectivity index (χ1v) is 6.56. The largest absolute Gasteiger partial charge is 0.462 e. The number of carbonyl (C=O) groups is 2. The molecule has 0 atom stereocenters. The minimum Gasteiger partial charge on any atom is -0.462 e. The summed E-state index contributed by atoms with van der Waals surface area (Å²) >= 11 is 0. The SMILES string of the molecule is CCOC(=O)C(=CNC1CC1)C(=O)c1ccccc1F. The van der Waals surface area contributed by atoms with E-state index in [-0.39, 0.29) is 23.8 Å². The molecule has 0 unspecified atom stereocenters. The Hall–Kier alpha value is -2.17. The molecule has 20 heavy (non-hydrogen) atoms. The summed E-state index contributed by atoms with van der Waals surface area (Å²) < 4.78 is 18.5. The third kappa shape index (κ3) is 3.44. The van der Waals surface area contributed by atoms with Crippen molar-refractivity contribution < 1.29 is 18.7 Å². The number of ketones is 1. The molecule has 0 amide bonds. The van der Waals surface area contributed by atoms with Crippen LogP contribution in [0, 0.1) is 5.82 Å². The Labute approximate surface area is 116 Å². The molecule has 1 aromatic carbocycles. The highest BCUT2D eigenvalue weighted by atomic mass is 19.1. The van der Waals surface area contributed by atoms with Crippen LogP contribution in [-0.4, -0.2) is 24.4 Å². The van der Waals surface area contributed by atoms with Crippen LogP contribution in [0.25, 0.3) is 0 Å². The molecule has 2 rings (SSSR count). The second-order valence-electron chi connectivity index (χ2n) is 4.53. The van der Waals surface area contributed by atoms with Gasteiger partial charge in [0.2, 0.25) is 5.78 Å². The number of hydrogen-bond donors (Lipinski definition) is 1. The maximum absolute atomic E-state index is 13.6. The fourth-order valence-electron chi connectivity index (χ4n) is 1.67. The minimum atomic E-state index is -0.742. The number of nitrogens with one attached hydrogen (secondary N) is 1. The Morgan fingerprint density at radius 1 is 1.40 bits per heavy atom. The molecule has 1 aliphatic rings. The van der Waals surface area contributed by atoms with Gasteiger partial charge in [-0.25, -0.2) is 9.18 Å². The number of rotatable bonds is 6. The van der Waals surface area contributed by atoms with E-state index in [0.717, 1.165) is 12.8 Å². The number of halogens is 1. The molecule has 0 spiro atoms. The summed E-state index contributed by atoms with van der Waals surface area (Å²) in [4.78, 5) is 24.1. The summed E-state index contributed by atoms with van der Waals surface area (Å²) in [6, 6.07) is 5.86. The molecule has 0 aliphatic heterocycles. The summed E-state index contributed by atoms with van der Waals surface area (Å²) in [6.45, 7) is 1.81. The van der Waals surface area contributed by atoms with Crippen molar-refractivity contribution >= 4 is 11.8 Å². The molecule has 106 valence electrons. The lowest BCUT2D eigenvalue weighted by Crippen LogP contribution is -2.21. The number of Topliss-reactive ketones (excluding diaryl/α,β-unsaturated/α-hetero) is 1. The van der Waals surface area contributed by atoms with Gasteiger partial charge < -0.3 is 10.1 Å². The van der Waals surface area contributed by atoms with E-state index < -0.39 is 17.6 Å².